The Bertz CT molecular complexity index is 187. The first kappa shape index (κ1) is 17.8. The van der Waals surface area contributed by atoms with Crippen molar-refractivity contribution in [3.8, 4) is 0 Å². The van der Waals surface area contributed by atoms with Gasteiger partial charge in [0.2, 0.25) is 0 Å². The van der Waals surface area contributed by atoms with Crippen LogP contribution in [0.1, 0.15) is 33.6 Å². The molecule has 0 radical (unpaired) electrons. The van der Waals surface area contributed by atoms with Gasteiger partial charge in [-0.25, -0.2) is 0 Å². The Morgan fingerprint density at radius 3 is 2.17 bits per heavy atom. The van der Waals surface area contributed by atoms with E-state index in [-0.39, 0.29) is 12.0 Å². The summed E-state index contributed by atoms with van der Waals surface area (Å²) in [5.74, 6) is 0. The smallest absolute Gasteiger partial charge is 0.0615 e. The van der Waals surface area contributed by atoms with E-state index in [1.54, 1.807) is 14.2 Å². The minimum atomic E-state index is -0.00422. The van der Waals surface area contributed by atoms with Gasteiger partial charge in [0.05, 0.1) is 13.2 Å². The summed E-state index contributed by atoms with van der Waals surface area (Å²) in [5, 5.41) is 9.67. The number of aliphatic hydroxyl groups is 1. The van der Waals surface area contributed by atoms with Crippen molar-refractivity contribution in [2.45, 2.75) is 39.7 Å². The second-order valence-electron chi connectivity index (χ2n) is 5.13. The molecule has 4 heteroatoms. The molecule has 0 heterocycles. The van der Waals surface area contributed by atoms with Gasteiger partial charge in [-0.3, -0.25) is 4.90 Å². The molecule has 0 aromatic carbocycles. The van der Waals surface area contributed by atoms with Crippen molar-refractivity contribution in [3.63, 3.8) is 0 Å². The molecule has 0 spiro atoms. The Balaban J connectivity index is 4.62. The van der Waals surface area contributed by atoms with Gasteiger partial charge in [0, 0.05) is 45.4 Å². The number of rotatable bonds is 11. The first-order valence-electron chi connectivity index (χ1n) is 6.91. The summed E-state index contributed by atoms with van der Waals surface area (Å²) >= 11 is 0. The zero-order valence-corrected chi connectivity index (χ0v) is 12.7. The number of nitrogens with zero attached hydrogens (tertiary/aromatic N) is 1. The van der Waals surface area contributed by atoms with Gasteiger partial charge in [-0.15, -0.1) is 0 Å². The van der Waals surface area contributed by atoms with Crippen LogP contribution in [0.4, 0.5) is 0 Å². The lowest BCUT2D eigenvalue weighted by Gasteiger charge is -2.38. The molecule has 0 aliphatic rings. The van der Waals surface area contributed by atoms with Gasteiger partial charge in [-0.05, 0) is 19.8 Å². The topological polar surface area (TPSA) is 41.9 Å². The summed E-state index contributed by atoms with van der Waals surface area (Å²) in [7, 11) is 3.45. The lowest BCUT2D eigenvalue weighted by molar-refractivity contribution is 0.0160. The first-order chi connectivity index (χ1) is 8.59. The number of aliphatic hydroxyl groups excluding tert-OH is 1. The predicted octanol–water partition coefficient (Wildman–Crippen LogP) is 1.77. The summed E-state index contributed by atoms with van der Waals surface area (Å²) in [6, 6.07) is 0.342. The van der Waals surface area contributed by atoms with Crippen LogP contribution in [0, 0.1) is 5.41 Å². The van der Waals surface area contributed by atoms with Crippen molar-refractivity contribution < 1.29 is 14.6 Å². The van der Waals surface area contributed by atoms with Crippen LogP contribution in [0.25, 0.3) is 0 Å². The zero-order valence-electron chi connectivity index (χ0n) is 12.7. The Hall–Kier alpha value is -0.160. The van der Waals surface area contributed by atoms with Gasteiger partial charge < -0.3 is 14.6 Å². The molecule has 4 nitrogen and oxygen atoms in total. The number of hydrogen-bond donors (Lipinski definition) is 1. The van der Waals surface area contributed by atoms with Gasteiger partial charge in [0.1, 0.15) is 0 Å². The van der Waals surface area contributed by atoms with Gasteiger partial charge in [-0.1, -0.05) is 13.8 Å². The Morgan fingerprint density at radius 2 is 1.78 bits per heavy atom. The van der Waals surface area contributed by atoms with Crippen molar-refractivity contribution in [1.82, 2.24) is 4.90 Å². The second-order valence-corrected chi connectivity index (χ2v) is 5.13. The maximum Gasteiger partial charge on any atom is 0.0615 e. The normalized spacial score (nSPS) is 14.2. The largest absolute Gasteiger partial charge is 0.396 e. The molecule has 1 N–H and O–H groups in total. The third-order valence-corrected chi connectivity index (χ3v) is 3.99. The van der Waals surface area contributed by atoms with Crippen LogP contribution in [0.15, 0.2) is 0 Å². The van der Waals surface area contributed by atoms with Gasteiger partial charge >= 0.3 is 0 Å². The molecule has 0 aliphatic carbocycles. The van der Waals surface area contributed by atoms with Crippen LogP contribution in [0.3, 0.4) is 0 Å². The first-order valence-corrected chi connectivity index (χ1v) is 6.91. The van der Waals surface area contributed by atoms with E-state index in [0.717, 1.165) is 25.9 Å². The third kappa shape index (κ3) is 5.65. The summed E-state index contributed by atoms with van der Waals surface area (Å²) < 4.78 is 10.4. The highest BCUT2D eigenvalue weighted by Crippen LogP contribution is 2.27. The van der Waals surface area contributed by atoms with E-state index in [4.69, 9.17) is 9.47 Å². The van der Waals surface area contributed by atoms with E-state index in [0.29, 0.717) is 19.3 Å². The molecule has 18 heavy (non-hydrogen) atoms. The molecule has 0 aromatic rings. The quantitative estimate of drug-likeness (QED) is 0.615. The van der Waals surface area contributed by atoms with E-state index in [2.05, 4.69) is 25.7 Å². The molecule has 0 bridgehead atoms. The van der Waals surface area contributed by atoms with Crippen molar-refractivity contribution in [2.24, 2.45) is 5.41 Å². The Morgan fingerprint density at radius 1 is 1.17 bits per heavy atom. The second kappa shape index (κ2) is 9.73. The minimum Gasteiger partial charge on any atom is -0.396 e. The highest BCUT2D eigenvalue weighted by atomic mass is 16.5. The molecule has 110 valence electrons. The predicted molar refractivity (Wildman–Crippen MR) is 74.9 cm³/mol. The van der Waals surface area contributed by atoms with Crippen LogP contribution in [-0.2, 0) is 9.47 Å². The molecule has 0 aromatic heterocycles. The molecule has 0 fully saturated rings. The number of methoxy groups -OCH3 is 2. The molecule has 0 rings (SSSR count). The highest BCUT2D eigenvalue weighted by molar-refractivity contribution is 4.82. The fourth-order valence-electron chi connectivity index (χ4n) is 2.19. The van der Waals surface area contributed by atoms with Crippen molar-refractivity contribution in [2.75, 3.05) is 47.1 Å². The maximum absolute atomic E-state index is 9.67. The number of hydrogen-bond acceptors (Lipinski definition) is 4. The van der Waals surface area contributed by atoms with Gasteiger partial charge in [-0.2, -0.15) is 0 Å². The summed E-state index contributed by atoms with van der Waals surface area (Å²) in [6.45, 7) is 9.88. The molecule has 0 amide bonds. The zero-order chi connectivity index (χ0) is 14.0. The summed E-state index contributed by atoms with van der Waals surface area (Å²) in [4.78, 5) is 2.36. The highest BCUT2D eigenvalue weighted by Gasteiger charge is 2.29. The third-order valence-electron chi connectivity index (χ3n) is 3.99. The van der Waals surface area contributed by atoms with E-state index >= 15 is 0 Å². The van der Waals surface area contributed by atoms with Crippen LogP contribution in [-0.4, -0.2) is 63.2 Å². The van der Waals surface area contributed by atoms with Crippen molar-refractivity contribution in [3.05, 3.63) is 0 Å². The molecular formula is C14H31NO3. The van der Waals surface area contributed by atoms with Crippen LogP contribution in [0.2, 0.25) is 0 Å². The SMILES string of the molecule is CCC(CC)(CO)CN(CCOC)C(C)COC. The van der Waals surface area contributed by atoms with Crippen LogP contribution in [0.5, 0.6) is 0 Å². The molecule has 0 saturated carbocycles. The van der Waals surface area contributed by atoms with Gasteiger partial charge in [0.15, 0.2) is 0 Å². The lowest BCUT2D eigenvalue weighted by atomic mass is 9.82. The van der Waals surface area contributed by atoms with E-state index < -0.39 is 0 Å². The van der Waals surface area contributed by atoms with Crippen LogP contribution < -0.4 is 0 Å². The number of ether oxygens (including phenoxy) is 2. The molecule has 1 unspecified atom stereocenters. The molecular weight excluding hydrogens is 230 g/mol. The van der Waals surface area contributed by atoms with Gasteiger partial charge in [0.25, 0.3) is 0 Å². The van der Waals surface area contributed by atoms with Crippen molar-refractivity contribution >= 4 is 0 Å². The standard InChI is InChI=1S/C14H31NO3/c1-6-14(7-2,12-16)11-15(8-9-17-4)13(3)10-18-5/h13,16H,6-12H2,1-5H3. The Labute approximate surface area is 112 Å². The molecule has 1 atom stereocenters. The fourth-order valence-corrected chi connectivity index (χ4v) is 2.19. The van der Waals surface area contributed by atoms with E-state index in [9.17, 15) is 5.11 Å². The fraction of sp³-hybridized carbons (Fsp3) is 1.00. The lowest BCUT2D eigenvalue weighted by Crippen LogP contribution is -2.46. The Kier molecular flexibility index (Phi) is 9.64. The summed E-state index contributed by atoms with van der Waals surface area (Å²) in [5.41, 5.74) is -0.00422. The van der Waals surface area contributed by atoms with E-state index in [1.807, 2.05) is 0 Å². The average molecular weight is 261 g/mol. The van der Waals surface area contributed by atoms with Crippen LogP contribution >= 0.6 is 0 Å². The van der Waals surface area contributed by atoms with E-state index in [1.165, 1.54) is 0 Å². The minimum absolute atomic E-state index is 0.00422. The van der Waals surface area contributed by atoms with Crippen molar-refractivity contribution in [1.29, 1.82) is 0 Å². The summed E-state index contributed by atoms with van der Waals surface area (Å²) in [6.07, 6.45) is 1.98. The molecule has 0 aliphatic heterocycles. The monoisotopic (exact) mass is 261 g/mol. The molecule has 0 saturated heterocycles. The average Bonchev–Trinajstić information content (AvgIpc) is 2.40. The maximum atomic E-state index is 9.67.